The first-order chi connectivity index (χ1) is 12.5. The van der Waals surface area contributed by atoms with E-state index in [4.69, 9.17) is 0 Å². The van der Waals surface area contributed by atoms with E-state index in [0.717, 1.165) is 17.0 Å². The van der Waals surface area contributed by atoms with Crippen molar-refractivity contribution in [3.8, 4) is 0 Å². The zero-order valence-electron chi connectivity index (χ0n) is 15.8. The number of benzene rings is 1. The van der Waals surface area contributed by atoms with Gasteiger partial charge < -0.3 is 15.5 Å². The molecule has 1 aromatic heterocycles. The standard InChI is InChI=1S/C19H27N5OS/c1-14-12-21-17(26-14)10-11-20-19(22-13-18(25)24(3)4)23-15(2)16-8-6-5-7-9-16/h5-9,12,15H,10-11,13H2,1-4H3,(H2,20,22,23). The second-order valence-electron chi connectivity index (χ2n) is 6.27. The summed E-state index contributed by atoms with van der Waals surface area (Å²) in [6, 6.07) is 10.2. The van der Waals surface area contributed by atoms with Crippen LogP contribution >= 0.6 is 11.3 Å². The smallest absolute Gasteiger partial charge is 0.243 e. The average molecular weight is 374 g/mol. The summed E-state index contributed by atoms with van der Waals surface area (Å²) in [5.41, 5.74) is 1.16. The highest BCUT2D eigenvalue weighted by molar-refractivity contribution is 7.11. The molecule has 2 N–H and O–H groups in total. The van der Waals surface area contributed by atoms with Gasteiger partial charge in [0.05, 0.1) is 11.0 Å². The fourth-order valence-corrected chi connectivity index (χ4v) is 3.06. The molecule has 0 saturated carbocycles. The molecule has 0 spiro atoms. The number of hydrogen-bond acceptors (Lipinski definition) is 4. The number of guanidine groups is 1. The lowest BCUT2D eigenvalue weighted by Crippen LogP contribution is -2.40. The molecule has 1 heterocycles. The molecule has 1 atom stereocenters. The molecule has 0 aliphatic rings. The first-order valence-corrected chi connectivity index (χ1v) is 9.48. The molecule has 0 bridgehead atoms. The minimum absolute atomic E-state index is 0.0333. The molecule has 6 nitrogen and oxygen atoms in total. The van der Waals surface area contributed by atoms with E-state index in [2.05, 4.69) is 46.6 Å². The highest BCUT2D eigenvalue weighted by atomic mass is 32.1. The van der Waals surface area contributed by atoms with E-state index in [1.165, 1.54) is 4.88 Å². The van der Waals surface area contributed by atoms with Crippen molar-refractivity contribution in [3.05, 3.63) is 52.0 Å². The number of carbonyl (C=O) groups is 1. The number of aryl methyl sites for hydroxylation is 1. The fraction of sp³-hybridized carbons (Fsp3) is 0.421. The van der Waals surface area contributed by atoms with E-state index in [0.29, 0.717) is 12.5 Å². The number of aliphatic imine (C=N–C) groups is 1. The predicted molar refractivity (Wildman–Crippen MR) is 108 cm³/mol. The van der Waals surface area contributed by atoms with Crippen LogP contribution in [0.15, 0.2) is 41.5 Å². The van der Waals surface area contributed by atoms with Gasteiger partial charge in [0.1, 0.15) is 6.54 Å². The van der Waals surface area contributed by atoms with Crippen LogP contribution in [0, 0.1) is 6.92 Å². The minimum atomic E-state index is -0.0333. The number of carbonyl (C=O) groups excluding carboxylic acids is 1. The van der Waals surface area contributed by atoms with Crippen molar-refractivity contribution in [1.29, 1.82) is 0 Å². The minimum Gasteiger partial charge on any atom is -0.356 e. The zero-order chi connectivity index (χ0) is 18.9. The van der Waals surface area contributed by atoms with Crippen molar-refractivity contribution in [2.24, 2.45) is 4.99 Å². The fourth-order valence-electron chi connectivity index (χ4n) is 2.28. The SMILES string of the molecule is Cc1cnc(CCNC(=NCC(=O)N(C)C)NC(C)c2ccccc2)s1. The third-order valence-corrected chi connectivity index (χ3v) is 4.80. The molecule has 2 aromatic rings. The summed E-state index contributed by atoms with van der Waals surface area (Å²) in [7, 11) is 3.46. The van der Waals surface area contributed by atoms with Gasteiger partial charge in [-0.2, -0.15) is 0 Å². The Kier molecular flexibility index (Phi) is 7.59. The number of nitrogens with one attached hydrogen (secondary N) is 2. The lowest BCUT2D eigenvalue weighted by Gasteiger charge is -2.19. The van der Waals surface area contributed by atoms with Crippen LogP contribution in [0.3, 0.4) is 0 Å². The van der Waals surface area contributed by atoms with Crippen LogP contribution in [0.25, 0.3) is 0 Å². The molecule has 2 rings (SSSR count). The quantitative estimate of drug-likeness (QED) is 0.577. The third kappa shape index (κ3) is 6.48. The molecule has 0 radical (unpaired) electrons. The van der Waals surface area contributed by atoms with Gasteiger partial charge in [0.2, 0.25) is 5.91 Å². The highest BCUT2D eigenvalue weighted by Gasteiger charge is 2.10. The van der Waals surface area contributed by atoms with Gasteiger partial charge in [0.15, 0.2) is 5.96 Å². The van der Waals surface area contributed by atoms with Gasteiger partial charge in [-0.05, 0) is 19.4 Å². The van der Waals surface area contributed by atoms with Gasteiger partial charge in [-0.1, -0.05) is 30.3 Å². The van der Waals surface area contributed by atoms with Gasteiger partial charge in [-0.15, -0.1) is 11.3 Å². The predicted octanol–water partition coefficient (Wildman–Crippen LogP) is 2.38. The van der Waals surface area contributed by atoms with Crippen molar-refractivity contribution in [2.75, 3.05) is 27.2 Å². The Balaban J connectivity index is 1.98. The molecule has 1 unspecified atom stereocenters. The average Bonchev–Trinajstić information content (AvgIpc) is 3.04. The summed E-state index contributed by atoms with van der Waals surface area (Å²) < 4.78 is 0. The monoisotopic (exact) mass is 373 g/mol. The largest absolute Gasteiger partial charge is 0.356 e. The Morgan fingerprint density at radius 2 is 2.04 bits per heavy atom. The second kappa shape index (κ2) is 9.91. The van der Waals surface area contributed by atoms with E-state index in [1.54, 1.807) is 30.3 Å². The molecule has 0 fully saturated rings. The molecule has 1 amide bonds. The maximum absolute atomic E-state index is 11.9. The second-order valence-corrected chi connectivity index (χ2v) is 7.59. The molecule has 140 valence electrons. The van der Waals surface area contributed by atoms with Gasteiger partial charge in [0.25, 0.3) is 0 Å². The summed E-state index contributed by atoms with van der Waals surface area (Å²) in [5, 5.41) is 7.77. The number of rotatable bonds is 7. The lowest BCUT2D eigenvalue weighted by molar-refractivity contribution is -0.127. The summed E-state index contributed by atoms with van der Waals surface area (Å²) >= 11 is 1.70. The number of likely N-dealkylation sites (N-methyl/N-ethyl adjacent to an activating group) is 1. The summed E-state index contributed by atoms with van der Waals surface area (Å²) in [6.07, 6.45) is 2.71. The van der Waals surface area contributed by atoms with Gasteiger partial charge in [0, 0.05) is 38.1 Å². The normalized spacial score (nSPS) is 12.5. The number of thiazole rings is 1. The molecular weight excluding hydrogens is 346 g/mol. The molecule has 0 saturated heterocycles. The maximum atomic E-state index is 11.9. The van der Waals surface area contributed by atoms with E-state index in [9.17, 15) is 4.79 Å². The number of amides is 1. The molecule has 7 heteroatoms. The van der Waals surface area contributed by atoms with Crippen molar-refractivity contribution in [2.45, 2.75) is 26.3 Å². The molecule has 1 aromatic carbocycles. The summed E-state index contributed by atoms with van der Waals surface area (Å²) in [6.45, 7) is 4.94. The highest BCUT2D eigenvalue weighted by Crippen LogP contribution is 2.12. The summed E-state index contributed by atoms with van der Waals surface area (Å²) in [4.78, 5) is 23.4. The number of nitrogens with zero attached hydrogens (tertiary/aromatic N) is 3. The molecular formula is C19H27N5OS. The van der Waals surface area contributed by atoms with Crippen LogP contribution in [0.2, 0.25) is 0 Å². The number of hydrogen-bond donors (Lipinski definition) is 2. The lowest BCUT2D eigenvalue weighted by atomic mass is 10.1. The van der Waals surface area contributed by atoms with Gasteiger partial charge in [-0.3, -0.25) is 4.79 Å². The van der Waals surface area contributed by atoms with Crippen LogP contribution in [0.5, 0.6) is 0 Å². The zero-order valence-corrected chi connectivity index (χ0v) is 16.6. The van der Waals surface area contributed by atoms with E-state index in [1.807, 2.05) is 24.4 Å². The Morgan fingerprint density at radius 3 is 2.65 bits per heavy atom. The van der Waals surface area contributed by atoms with Crippen LogP contribution in [-0.4, -0.2) is 48.9 Å². The van der Waals surface area contributed by atoms with Crippen molar-refractivity contribution >= 4 is 23.2 Å². The van der Waals surface area contributed by atoms with Crippen LogP contribution in [-0.2, 0) is 11.2 Å². The van der Waals surface area contributed by atoms with Gasteiger partial charge >= 0.3 is 0 Å². The Hall–Kier alpha value is -2.41. The van der Waals surface area contributed by atoms with E-state index >= 15 is 0 Å². The molecule has 0 aliphatic heterocycles. The molecule has 26 heavy (non-hydrogen) atoms. The van der Waals surface area contributed by atoms with Crippen LogP contribution in [0.4, 0.5) is 0 Å². The summed E-state index contributed by atoms with van der Waals surface area (Å²) in [5.74, 6) is 0.596. The van der Waals surface area contributed by atoms with Gasteiger partial charge in [-0.25, -0.2) is 9.98 Å². The Morgan fingerprint density at radius 1 is 1.31 bits per heavy atom. The van der Waals surface area contributed by atoms with Crippen molar-refractivity contribution in [1.82, 2.24) is 20.5 Å². The van der Waals surface area contributed by atoms with E-state index < -0.39 is 0 Å². The number of aromatic nitrogens is 1. The topological polar surface area (TPSA) is 69.6 Å². The van der Waals surface area contributed by atoms with Crippen molar-refractivity contribution in [3.63, 3.8) is 0 Å². The van der Waals surface area contributed by atoms with E-state index in [-0.39, 0.29) is 18.5 Å². The maximum Gasteiger partial charge on any atom is 0.243 e. The third-order valence-electron chi connectivity index (χ3n) is 3.82. The van der Waals surface area contributed by atoms with Crippen LogP contribution < -0.4 is 10.6 Å². The first-order valence-electron chi connectivity index (χ1n) is 8.67. The van der Waals surface area contributed by atoms with Crippen molar-refractivity contribution < 1.29 is 4.79 Å². The Bertz CT molecular complexity index is 727. The first kappa shape index (κ1) is 19.9. The Labute approximate surface area is 159 Å². The molecule has 0 aliphatic carbocycles. The van der Waals surface area contributed by atoms with Crippen LogP contribution in [0.1, 0.15) is 28.4 Å².